The highest BCUT2D eigenvalue weighted by Crippen LogP contribution is 2.27. The number of pyridine rings is 3. The second kappa shape index (κ2) is 10.1. The molecule has 0 aromatic carbocycles. The summed E-state index contributed by atoms with van der Waals surface area (Å²) in [6, 6.07) is 9.40. The Morgan fingerprint density at radius 3 is 2.57 bits per heavy atom. The highest BCUT2D eigenvalue weighted by atomic mass is 16.1. The van der Waals surface area contributed by atoms with Gasteiger partial charge in [0.2, 0.25) is 0 Å². The fourth-order valence-electron chi connectivity index (χ4n) is 4.50. The SMILES string of the molecule is Cc1ccc(CNC(=O)c2cc(-c3ccc(N4CCN(C)CC4)nc3)nc3c2cnn3C(C)C)c(=O)[nH]1. The van der Waals surface area contributed by atoms with Crippen LogP contribution in [0.1, 0.15) is 41.5 Å². The number of carbonyl (C=O) groups is 1. The molecule has 0 atom stereocenters. The summed E-state index contributed by atoms with van der Waals surface area (Å²) in [6.45, 7) is 9.88. The van der Waals surface area contributed by atoms with E-state index in [1.807, 2.05) is 49.8 Å². The summed E-state index contributed by atoms with van der Waals surface area (Å²) in [5, 5.41) is 8.04. The number of H-pyrrole nitrogens is 1. The Balaban J connectivity index is 1.47. The van der Waals surface area contributed by atoms with E-state index in [2.05, 4.69) is 32.2 Å². The van der Waals surface area contributed by atoms with Crippen molar-refractivity contribution in [3.63, 3.8) is 0 Å². The largest absolute Gasteiger partial charge is 0.354 e. The third-order valence-electron chi connectivity index (χ3n) is 6.75. The van der Waals surface area contributed by atoms with Crippen LogP contribution in [0.4, 0.5) is 5.82 Å². The number of likely N-dealkylation sites (N-methyl/N-ethyl adjacent to an activating group) is 1. The number of amides is 1. The van der Waals surface area contributed by atoms with Crippen LogP contribution in [-0.4, -0.2) is 68.8 Å². The first-order chi connectivity index (χ1) is 17.8. The molecule has 37 heavy (non-hydrogen) atoms. The maximum absolute atomic E-state index is 13.3. The summed E-state index contributed by atoms with van der Waals surface area (Å²) in [5.41, 5.74) is 3.61. The van der Waals surface area contributed by atoms with Crippen molar-refractivity contribution in [3.8, 4) is 11.3 Å². The highest BCUT2D eigenvalue weighted by molar-refractivity contribution is 6.06. The average molecular weight is 501 g/mol. The van der Waals surface area contributed by atoms with Gasteiger partial charge < -0.3 is 20.1 Å². The van der Waals surface area contributed by atoms with Crippen molar-refractivity contribution in [1.82, 2.24) is 34.9 Å². The molecule has 1 amide bonds. The van der Waals surface area contributed by atoms with E-state index in [0.29, 0.717) is 27.9 Å². The molecule has 1 aliphatic rings. The number of piperazine rings is 1. The van der Waals surface area contributed by atoms with E-state index in [-0.39, 0.29) is 24.1 Å². The van der Waals surface area contributed by atoms with Gasteiger partial charge in [-0.2, -0.15) is 5.10 Å². The van der Waals surface area contributed by atoms with Crippen LogP contribution >= 0.6 is 0 Å². The molecular weight excluding hydrogens is 468 g/mol. The van der Waals surface area contributed by atoms with Crippen molar-refractivity contribution >= 4 is 22.8 Å². The first-order valence-corrected chi connectivity index (χ1v) is 12.6. The molecule has 0 radical (unpaired) electrons. The molecule has 10 heteroatoms. The average Bonchev–Trinajstić information content (AvgIpc) is 3.32. The summed E-state index contributed by atoms with van der Waals surface area (Å²) in [5.74, 6) is 0.644. The van der Waals surface area contributed by atoms with Crippen LogP contribution in [0.25, 0.3) is 22.3 Å². The topological polar surface area (TPSA) is 112 Å². The standard InChI is InChI=1S/C27H32N8O2/c1-17(2)35-25-22(16-30-35)21(27(37)29-15-20-6-5-18(3)31-26(20)36)13-23(32-25)19-7-8-24(28-14-19)34-11-9-33(4)10-12-34/h5-8,13-14,16-17H,9-12,15H2,1-4H3,(H,29,37)(H,31,36). The zero-order valence-electron chi connectivity index (χ0n) is 21.7. The molecule has 5 rings (SSSR count). The minimum Gasteiger partial charge on any atom is -0.354 e. The predicted octanol–water partition coefficient (Wildman–Crippen LogP) is 2.75. The smallest absolute Gasteiger partial charge is 0.253 e. The van der Waals surface area contributed by atoms with Gasteiger partial charge in [-0.15, -0.1) is 0 Å². The van der Waals surface area contributed by atoms with Gasteiger partial charge in [0.15, 0.2) is 5.65 Å². The van der Waals surface area contributed by atoms with E-state index in [4.69, 9.17) is 9.97 Å². The molecule has 192 valence electrons. The molecule has 4 aromatic heterocycles. The summed E-state index contributed by atoms with van der Waals surface area (Å²) < 4.78 is 1.81. The molecule has 2 N–H and O–H groups in total. The normalized spacial score (nSPS) is 14.5. The van der Waals surface area contributed by atoms with Crippen LogP contribution < -0.4 is 15.8 Å². The minimum absolute atomic E-state index is 0.0695. The molecule has 0 saturated carbocycles. The Morgan fingerprint density at radius 2 is 1.89 bits per heavy atom. The number of aryl methyl sites for hydroxylation is 1. The lowest BCUT2D eigenvalue weighted by atomic mass is 10.1. The van der Waals surface area contributed by atoms with Gasteiger partial charge in [0.25, 0.3) is 11.5 Å². The molecule has 10 nitrogen and oxygen atoms in total. The van der Waals surface area contributed by atoms with Gasteiger partial charge in [-0.05, 0) is 52.1 Å². The van der Waals surface area contributed by atoms with E-state index >= 15 is 0 Å². The summed E-state index contributed by atoms with van der Waals surface area (Å²) in [6.07, 6.45) is 3.49. The molecule has 4 aromatic rings. The van der Waals surface area contributed by atoms with Gasteiger partial charge in [0.1, 0.15) is 5.82 Å². The molecular formula is C27H32N8O2. The lowest BCUT2D eigenvalue weighted by Crippen LogP contribution is -2.44. The van der Waals surface area contributed by atoms with Crippen molar-refractivity contribution in [3.05, 3.63) is 69.9 Å². The third-order valence-corrected chi connectivity index (χ3v) is 6.75. The van der Waals surface area contributed by atoms with Gasteiger partial charge in [-0.25, -0.2) is 14.6 Å². The molecule has 0 unspecified atom stereocenters. The van der Waals surface area contributed by atoms with E-state index in [1.54, 1.807) is 18.3 Å². The van der Waals surface area contributed by atoms with Crippen LogP contribution in [0, 0.1) is 6.92 Å². The van der Waals surface area contributed by atoms with E-state index < -0.39 is 0 Å². The molecule has 1 fully saturated rings. The number of carbonyl (C=O) groups excluding carboxylic acids is 1. The minimum atomic E-state index is -0.293. The molecule has 1 saturated heterocycles. The Kier molecular flexibility index (Phi) is 6.75. The third kappa shape index (κ3) is 5.10. The van der Waals surface area contributed by atoms with Gasteiger partial charge in [0.05, 0.1) is 22.8 Å². The number of rotatable bonds is 6. The number of nitrogens with zero attached hydrogens (tertiary/aromatic N) is 6. The highest BCUT2D eigenvalue weighted by Gasteiger charge is 2.20. The van der Waals surface area contributed by atoms with Crippen LogP contribution in [0.15, 0.2) is 47.5 Å². The Bertz CT molecular complexity index is 1480. The molecule has 0 spiro atoms. The quantitative estimate of drug-likeness (QED) is 0.419. The van der Waals surface area contributed by atoms with Crippen molar-refractivity contribution in [2.24, 2.45) is 0 Å². The number of hydrogen-bond acceptors (Lipinski definition) is 7. The van der Waals surface area contributed by atoms with Gasteiger partial charge in [-0.3, -0.25) is 9.59 Å². The number of aromatic amines is 1. The maximum atomic E-state index is 13.3. The second-order valence-corrected chi connectivity index (χ2v) is 9.85. The fraction of sp³-hybridized carbons (Fsp3) is 0.370. The summed E-state index contributed by atoms with van der Waals surface area (Å²) in [4.78, 5) is 42.5. The zero-order valence-corrected chi connectivity index (χ0v) is 21.7. The monoisotopic (exact) mass is 500 g/mol. The molecule has 0 aliphatic carbocycles. The van der Waals surface area contributed by atoms with Crippen molar-refractivity contribution in [1.29, 1.82) is 0 Å². The fourth-order valence-corrected chi connectivity index (χ4v) is 4.50. The molecule has 0 bridgehead atoms. The summed E-state index contributed by atoms with van der Waals surface area (Å²) in [7, 11) is 2.13. The van der Waals surface area contributed by atoms with Gasteiger partial charge >= 0.3 is 0 Å². The van der Waals surface area contributed by atoms with Crippen LogP contribution in [0.5, 0.6) is 0 Å². The van der Waals surface area contributed by atoms with E-state index in [1.165, 1.54) is 0 Å². The Morgan fingerprint density at radius 1 is 1.11 bits per heavy atom. The lowest BCUT2D eigenvalue weighted by Gasteiger charge is -2.33. The van der Waals surface area contributed by atoms with Crippen LogP contribution in [-0.2, 0) is 6.54 Å². The second-order valence-electron chi connectivity index (χ2n) is 9.85. The number of fused-ring (bicyclic) bond motifs is 1. The van der Waals surface area contributed by atoms with Crippen LogP contribution in [0.2, 0.25) is 0 Å². The van der Waals surface area contributed by atoms with Crippen molar-refractivity contribution in [2.45, 2.75) is 33.4 Å². The number of anilines is 1. The van der Waals surface area contributed by atoms with Gasteiger partial charge in [-0.1, -0.05) is 6.07 Å². The molecule has 1 aliphatic heterocycles. The molecule has 5 heterocycles. The number of nitrogens with one attached hydrogen (secondary N) is 2. The lowest BCUT2D eigenvalue weighted by molar-refractivity contribution is 0.0952. The predicted molar refractivity (Wildman–Crippen MR) is 144 cm³/mol. The van der Waals surface area contributed by atoms with E-state index in [9.17, 15) is 9.59 Å². The number of aromatic nitrogens is 5. The number of hydrogen-bond donors (Lipinski definition) is 2. The zero-order chi connectivity index (χ0) is 26.1. The van der Waals surface area contributed by atoms with Gasteiger partial charge in [0, 0.05) is 61.8 Å². The Labute approximate surface area is 215 Å². The summed E-state index contributed by atoms with van der Waals surface area (Å²) >= 11 is 0. The van der Waals surface area contributed by atoms with Crippen LogP contribution in [0.3, 0.4) is 0 Å². The first-order valence-electron chi connectivity index (χ1n) is 12.6. The Hall–Kier alpha value is -4.05. The van der Waals surface area contributed by atoms with E-state index in [0.717, 1.165) is 43.3 Å². The maximum Gasteiger partial charge on any atom is 0.253 e. The first kappa shape index (κ1) is 24.6. The van der Waals surface area contributed by atoms with Crippen molar-refractivity contribution < 1.29 is 4.79 Å². The van der Waals surface area contributed by atoms with Crippen molar-refractivity contribution in [2.75, 3.05) is 38.1 Å².